The number of anilines is 1. The molecular formula is C10H11NO3. The summed E-state index contributed by atoms with van der Waals surface area (Å²) in [7, 11) is 1.30. The molecule has 0 unspecified atom stereocenters. The van der Waals surface area contributed by atoms with Crippen LogP contribution in [0.3, 0.4) is 0 Å². The van der Waals surface area contributed by atoms with Crippen molar-refractivity contribution < 1.29 is 14.6 Å². The number of phenols is 1. The van der Waals surface area contributed by atoms with Gasteiger partial charge in [-0.3, -0.25) is 0 Å². The number of aromatic hydroxyl groups is 1. The zero-order valence-corrected chi connectivity index (χ0v) is 7.73. The molecule has 1 rings (SSSR count). The van der Waals surface area contributed by atoms with Crippen molar-refractivity contribution in [3.63, 3.8) is 0 Å². The van der Waals surface area contributed by atoms with Gasteiger partial charge in [-0.2, -0.15) is 0 Å². The van der Waals surface area contributed by atoms with Gasteiger partial charge in [0.05, 0.1) is 12.8 Å². The summed E-state index contributed by atoms with van der Waals surface area (Å²) in [6, 6.07) is 4.72. The smallest absolute Gasteiger partial charge is 0.330 e. The summed E-state index contributed by atoms with van der Waals surface area (Å²) in [4.78, 5) is 10.7. The van der Waals surface area contributed by atoms with Crippen LogP contribution >= 0.6 is 0 Å². The van der Waals surface area contributed by atoms with E-state index in [2.05, 4.69) is 4.74 Å². The maximum absolute atomic E-state index is 10.7. The first kappa shape index (κ1) is 10.1. The Kier molecular flexibility index (Phi) is 3.12. The summed E-state index contributed by atoms with van der Waals surface area (Å²) < 4.78 is 4.41. The summed E-state index contributed by atoms with van der Waals surface area (Å²) in [5.41, 5.74) is 6.39. The molecule has 14 heavy (non-hydrogen) atoms. The fraction of sp³-hybridized carbons (Fsp3) is 0.100. The molecule has 4 heteroatoms. The van der Waals surface area contributed by atoms with Crippen LogP contribution in [-0.2, 0) is 9.53 Å². The number of methoxy groups -OCH3 is 1. The number of benzene rings is 1. The van der Waals surface area contributed by atoms with E-state index in [9.17, 15) is 9.90 Å². The molecule has 0 saturated heterocycles. The molecule has 1 aromatic carbocycles. The number of hydrogen-bond donors (Lipinski definition) is 2. The van der Waals surface area contributed by atoms with Crippen LogP contribution in [0.1, 0.15) is 5.56 Å². The van der Waals surface area contributed by atoms with Gasteiger partial charge in [-0.25, -0.2) is 4.79 Å². The maximum atomic E-state index is 10.7. The standard InChI is InChI=1S/C10H11NO3/c1-14-10(13)5-3-7-2-4-8(11)9(12)6-7/h2-6,12H,11H2,1H3/b5-3+. The van der Waals surface area contributed by atoms with Crippen LogP contribution in [-0.4, -0.2) is 18.2 Å². The molecule has 0 saturated carbocycles. The number of rotatable bonds is 2. The number of hydrogen-bond acceptors (Lipinski definition) is 4. The average molecular weight is 193 g/mol. The van der Waals surface area contributed by atoms with Crippen LogP contribution in [0.4, 0.5) is 5.69 Å². The summed E-state index contributed by atoms with van der Waals surface area (Å²) in [5, 5.41) is 9.25. The first-order chi connectivity index (χ1) is 6.63. The molecular weight excluding hydrogens is 182 g/mol. The lowest BCUT2D eigenvalue weighted by Gasteiger charge is -1.99. The van der Waals surface area contributed by atoms with E-state index >= 15 is 0 Å². The molecule has 0 bridgehead atoms. The Balaban J connectivity index is 2.83. The highest BCUT2D eigenvalue weighted by Crippen LogP contribution is 2.21. The van der Waals surface area contributed by atoms with Gasteiger partial charge in [0, 0.05) is 6.08 Å². The van der Waals surface area contributed by atoms with Crippen molar-refractivity contribution in [1.29, 1.82) is 0 Å². The largest absolute Gasteiger partial charge is 0.506 e. The lowest BCUT2D eigenvalue weighted by Crippen LogP contribution is -1.93. The molecule has 0 aromatic heterocycles. The van der Waals surface area contributed by atoms with Crippen molar-refractivity contribution >= 4 is 17.7 Å². The van der Waals surface area contributed by atoms with E-state index in [1.54, 1.807) is 12.1 Å². The number of carbonyl (C=O) groups is 1. The third kappa shape index (κ3) is 2.52. The minimum atomic E-state index is -0.443. The van der Waals surface area contributed by atoms with Crippen molar-refractivity contribution in [2.45, 2.75) is 0 Å². The minimum Gasteiger partial charge on any atom is -0.506 e. The number of carbonyl (C=O) groups excluding carboxylic acids is 1. The molecule has 4 nitrogen and oxygen atoms in total. The Hall–Kier alpha value is -1.97. The van der Waals surface area contributed by atoms with Crippen molar-refractivity contribution in [3.8, 4) is 5.75 Å². The van der Waals surface area contributed by atoms with E-state index in [1.165, 1.54) is 25.3 Å². The van der Waals surface area contributed by atoms with Crippen LogP contribution < -0.4 is 5.73 Å². The molecule has 0 fully saturated rings. The quantitative estimate of drug-likeness (QED) is 0.320. The first-order valence-electron chi connectivity index (χ1n) is 3.98. The van der Waals surface area contributed by atoms with Crippen LogP contribution in [0.15, 0.2) is 24.3 Å². The van der Waals surface area contributed by atoms with Crippen LogP contribution in [0.25, 0.3) is 6.08 Å². The molecule has 3 N–H and O–H groups in total. The van der Waals surface area contributed by atoms with E-state index in [0.29, 0.717) is 11.3 Å². The fourth-order valence-corrected chi connectivity index (χ4v) is 0.897. The molecule has 0 amide bonds. The lowest BCUT2D eigenvalue weighted by molar-refractivity contribution is -0.134. The first-order valence-corrected chi connectivity index (χ1v) is 3.98. The second-order valence-corrected chi connectivity index (χ2v) is 2.67. The predicted molar refractivity (Wildman–Crippen MR) is 53.6 cm³/mol. The Morgan fingerprint density at radius 1 is 1.57 bits per heavy atom. The number of ether oxygens (including phenoxy) is 1. The van der Waals surface area contributed by atoms with Gasteiger partial charge in [-0.1, -0.05) is 6.07 Å². The monoisotopic (exact) mass is 193 g/mol. The summed E-state index contributed by atoms with van der Waals surface area (Å²) >= 11 is 0. The Labute approximate surface area is 81.6 Å². The van der Waals surface area contributed by atoms with Gasteiger partial charge in [0.15, 0.2) is 0 Å². The van der Waals surface area contributed by atoms with Crippen LogP contribution in [0.2, 0.25) is 0 Å². The Morgan fingerprint density at radius 3 is 2.86 bits per heavy atom. The highest BCUT2D eigenvalue weighted by atomic mass is 16.5. The molecule has 0 aliphatic rings. The second-order valence-electron chi connectivity index (χ2n) is 2.67. The van der Waals surface area contributed by atoms with E-state index < -0.39 is 5.97 Å². The maximum Gasteiger partial charge on any atom is 0.330 e. The fourth-order valence-electron chi connectivity index (χ4n) is 0.897. The van der Waals surface area contributed by atoms with E-state index in [-0.39, 0.29) is 5.75 Å². The second kappa shape index (κ2) is 4.32. The third-order valence-corrected chi connectivity index (χ3v) is 1.67. The van der Waals surface area contributed by atoms with Gasteiger partial charge in [0.25, 0.3) is 0 Å². The molecule has 0 radical (unpaired) electrons. The highest BCUT2D eigenvalue weighted by molar-refractivity contribution is 5.87. The SMILES string of the molecule is COC(=O)/C=C/c1ccc(N)c(O)c1. The predicted octanol–water partition coefficient (Wildman–Crippen LogP) is 1.16. The average Bonchev–Trinajstić information content (AvgIpc) is 2.19. The van der Waals surface area contributed by atoms with Crippen LogP contribution in [0, 0.1) is 0 Å². The van der Waals surface area contributed by atoms with Crippen LogP contribution in [0.5, 0.6) is 5.75 Å². The normalized spacial score (nSPS) is 10.4. The van der Waals surface area contributed by atoms with Gasteiger partial charge in [0.2, 0.25) is 0 Å². The molecule has 0 heterocycles. The topological polar surface area (TPSA) is 72.5 Å². The number of phenolic OH excluding ortho intramolecular Hbond substituents is 1. The van der Waals surface area contributed by atoms with Crippen molar-refractivity contribution in [2.24, 2.45) is 0 Å². The highest BCUT2D eigenvalue weighted by Gasteiger charge is 1.97. The van der Waals surface area contributed by atoms with Gasteiger partial charge < -0.3 is 15.6 Å². The van der Waals surface area contributed by atoms with Crippen molar-refractivity contribution in [2.75, 3.05) is 12.8 Å². The Bertz CT molecular complexity index is 372. The molecule has 0 aliphatic carbocycles. The van der Waals surface area contributed by atoms with Gasteiger partial charge >= 0.3 is 5.97 Å². The molecule has 1 aromatic rings. The number of esters is 1. The van der Waals surface area contributed by atoms with Crippen molar-refractivity contribution in [1.82, 2.24) is 0 Å². The van der Waals surface area contributed by atoms with Gasteiger partial charge in [0.1, 0.15) is 5.75 Å². The summed E-state index contributed by atoms with van der Waals surface area (Å²) in [6.45, 7) is 0. The zero-order chi connectivity index (χ0) is 10.6. The minimum absolute atomic E-state index is 0.00276. The third-order valence-electron chi connectivity index (χ3n) is 1.67. The number of nitrogen functional groups attached to an aromatic ring is 1. The summed E-state index contributed by atoms with van der Waals surface area (Å²) in [5.74, 6) is -0.446. The lowest BCUT2D eigenvalue weighted by atomic mass is 10.2. The van der Waals surface area contributed by atoms with E-state index in [4.69, 9.17) is 5.73 Å². The van der Waals surface area contributed by atoms with Gasteiger partial charge in [-0.05, 0) is 23.8 Å². The molecule has 74 valence electrons. The molecule has 0 spiro atoms. The Morgan fingerprint density at radius 2 is 2.29 bits per heavy atom. The molecule has 0 atom stereocenters. The number of nitrogens with two attached hydrogens (primary N) is 1. The molecule has 0 aliphatic heterocycles. The summed E-state index contributed by atoms with van der Waals surface area (Å²) in [6.07, 6.45) is 2.80. The zero-order valence-electron chi connectivity index (χ0n) is 7.73. The van der Waals surface area contributed by atoms with Crippen molar-refractivity contribution in [3.05, 3.63) is 29.8 Å². The van der Waals surface area contributed by atoms with E-state index in [0.717, 1.165) is 0 Å². The van der Waals surface area contributed by atoms with Gasteiger partial charge in [-0.15, -0.1) is 0 Å². The van der Waals surface area contributed by atoms with E-state index in [1.807, 2.05) is 0 Å².